The van der Waals surface area contributed by atoms with E-state index in [1.807, 2.05) is 106 Å². The average molecular weight is 2060 g/mol. The van der Waals surface area contributed by atoms with Gasteiger partial charge < -0.3 is 114 Å². The highest BCUT2D eigenvalue weighted by molar-refractivity contribution is 7.90. The molecule has 1 aromatic carbocycles. The fourth-order valence-electron chi connectivity index (χ4n) is 18.3. The van der Waals surface area contributed by atoms with Gasteiger partial charge in [-0.2, -0.15) is 24.9 Å². The number of aliphatic hydroxyl groups excluding tert-OH is 3. The molecule has 0 aliphatic carbocycles. The second-order valence-corrected chi connectivity index (χ2v) is 41.4. The van der Waals surface area contributed by atoms with Crippen LogP contribution in [0.25, 0.3) is 66.7 Å². The Morgan fingerprint density at radius 3 is 1.20 bits per heavy atom. The topological polar surface area (TPSA) is 763 Å². The highest BCUT2D eigenvalue weighted by atomic mass is 32.2. The van der Waals surface area contributed by atoms with Gasteiger partial charge >= 0.3 is 0 Å². The van der Waals surface area contributed by atoms with Crippen LogP contribution in [0.2, 0.25) is 0 Å². The van der Waals surface area contributed by atoms with Crippen LogP contribution >= 0.6 is 0 Å². The number of hydrogen-bond donors (Lipinski definition) is 14. The number of amides is 1. The van der Waals surface area contributed by atoms with Gasteiger partial charge in [-0.1, -0.05) is 25.1 Å². The molecule has 20 atom stereocenters. The minimum atomic E-state index is -4.03. The summed E-state index contributed by atoms with van der Waals surface area (Å²) in [5, 5.41) is 36.7. The number of fused-ring (bicyclic) bond motifs is 10. The van der Waals surface area contributed by atoms with Crippen LogP contribution in [0.15, 0.2) is 101 Å². The number of benzene rings is 1. The fraction of sp³-hybridized carbons (Fsp3) is 0.565. The number of nitrogens with two attached hydrogens (primary N) is 4. The summed E-state index contributed by atoms with van der Waals surface area (Å²) in [5.74, 6) is -4.24. The molecule has 60 heteroatoms. The molecule has 0 spiro atoms. The Morgan fingerprint density at radius 1 is 0.469 bits per heavy atom. The lowest BCUT2D eigenvalue weighted by Gasteiger charge is -2.24. The maximum absolute atomic E-state index is 12.5. The lowest BCUT2D eigenvalue weighted by Crippen LogP contribution is -2.36. The van der Waals surface area contributed by atoms with Gasteiger partial charge in [0, 0.05) is 72.4 Å². The minimum absolute atomic E-state index is 0.0343. The van der Waals surface area contributed by atoms with Crippen LogP contribution in [0, 0.1) is 0 Å². The van der Waals surface area contributed by atoms with Crippen molar-refractivity contribution in [2.24, 2.45) is 25.8 Å². The number of aliphatic hydroxyl groups is 3. The van der Waals surface area contributed by atoms with Crippen molar-refractivity contribution >= 4 is 141 Å². The first-order chi connectivity index (χ1) is 68.5. The van der Waals surface area contributed by atoms with Crippen molar-refractivity contribution in [1.29, 1.82) is 0 Å². The number of nitrogen functional groups attached to an aromatic ring is 2. The maximum Gasteiger partial charge on any atom is 0.280 e. The summed E-state index contributed by atoms with van der Waals surface area (Å²) < 4.78 is 135. The molecule has 9 aliphatic heterocycles. The van der Waals surface area contributed by atoms with Gasteiger partial charge in [-0.15, -0.1) is 0 Å². The van der Waals surface area contributed by atoms with E-state index in [0.717, 1.165) is 22.9 Å². The summed E-state index contributed by atoms with van der Waals surface area (Å²) in [6, 6.07) is 7.59. The fourth-order valence-corrected chi connectivity index (χ4v) is 20.0. The van der Waals surface area contributed by atoms with Gasteiger partial charge in [0.15, 0.2) is 110 Å². The Kier molecular flexibility index (Phi) is 29.0. The number of imidazole rings is 5. The molecule has 58 nitrogen and oxygen atoms in total. The summed E-state index contributed by atoms with van der Waals surface area (Å²) in [7, 11) is 3.25. The number of hydrogen-bond acceptors (Lipinski definition) is 42. The van der Waals surface area contributed by atoms with Crippen LogP contribution in [-0.4, -0.2) is 356 Å². The molecule has 1 amide bonds. The molecule has 782 valence electrons. The second kappa shape index (κ2) is 40.5. The number of ether oxygens (including phenoxy) is 13. The van der Waals surface area contributed by atoms with Gasteiger partial charge in [0.05, 0.1) is 87.1 Å². The van der Waals surface area contributed by atoms with E-state index < -0.39 is 158 Å². The minimum Gasteiger partial charge on any atom is -0.394 e. The number of aromatic amines is 6. The first kappa shape index (κ1) is 104. The summed E-state index contributed by atoms with van der Waals surface area (Å²) >= 11 is 0. The molecule has 145 heavy (non-hydrogen) atoms. The van der Waals surface area contributed by atoms with Crippen molar-refractivity contribution in [3.05, 3.63) is 119 Å². The number of carbonyl (C=O) groups is 1. The van der Waals surface area contributed by atoms with E-state index in [4.69, 9.17) is 83.9 Å². The average Bonchev–Trinajstić information content (AvgIpc) is 1.59. The summed E-state index contributed by atoms with van der Waals surface area (Å²) in [6.07, 6.45) is 2.38. The molecule has 5 unspecified atom stereocenters. The van der Waals surface area contributed by atoms with E-state index in [2.05, 4.69) is 94.7 Å². The number of para-hydroxylation sites is 1. The third-order valence-corrected chi connectivity index (χ3v) is 26.5. The van der Waals surface area contributed by atoms with Crippen LogP contribution < -0.4 is 54.9 Å². The predicted molar refractivity (Wildman–Crippen MR) is 514 cm³/mol. The van der Waals surface area contributed by atoms with E-state index in [-0.39, 0.29) is 155 Å². The van der Waals surface area contributed by atoms with E-state index in [0.29, 0.717) is 23.4 Å². The Morgan fingerprint density at radius 2 is 0.807 bits per heavy atom. The van der Waals surface area contributed by atoms with Gasteiger partial charge in [0.1, 0.15) is 73.2 Å². The first-order valence-corrected chi connectivity index (χ1v) is 49.3. The number of nitrogens with one attached hydrogen (secondary N) is 7. The highest BCUT2D eigenvalue weighted by Gasteiger charge is 2.60. The molecule has 9 fully saturated rings. The monoisotopic (exact) mass is 2060 g/mol. The SMILES string of the molecule is CC1(C)OC2[C@@H](CCS(N)(=O)=O)O[C@@H](n3cnc4c(=O)[nH]c(N)nc43)[C@H]2O1.CC[C@H]1O[C@@H](n2cnc3c(=O)[nH]c(N=CN(C)C)nc32)[C@H]2OC(C)(C)OC12.CN(C)C=Nc1nc2c(ncn2[C@@H]2O[C@H](CN)C3OC(C)(C)O[C@@H]32)c(=O)[nH]1.CN(C)C=Nc1nc2c(ncn2[C@@H]2O[C@H](CO)C3OC(C)(C)O[C@@H]32)c(=O)[nH]1.Nc1nc2c(ncn2[C@@H]2O[C@H](CCS(=O)(=O)NC(=O)CCc3c[nH]c4ccccc34)C(O)[C@@H]2O)c(=O)[nH]1. The summed E-state index contributed by atoms with van der Waals surface area (Å²) in [6.45, 7) is 16.7. The molecule has 0 radical (unpaired) electrons. The summed E-state index contributed by atoms with van der Waals surface area (Å²) in [4.78, 5) is 149. The molecular weight excluding hydrogens is 1950 g/mol. The Balaban J connectivity index is 0.000000125. The summed E-state index contributed by atoms with van der Waals surface area (Å²) in [5.41, 5.74) is 18.7. The number of aliphatic imine (C=N–C) groups is 3. The van der Waals surface area contributed by atoms with E-state index in [1.165, 1.54) is 36.2 Å². The number of sulfonamides is 2. The Labute approximate surface area is 822 Å². The lowest BCUT2D eigenvalue weighted by atomic mass is 10.1. The number of primary sulfonamides is 1. The number of aromatic nitrogens is 21. The molecule has 0 bridgehead atoms. The molecule has 21 rings (SSSR count). The van der Waals surface area contributed by atoms with Crippen molar-refractivity contribution in [3.8, 4) is 0 Å². The third-order valence-electron chi connectivity index (χ3n) is 24.3. The highest BCUT2D eigenvalue weighted by Crippen LogP contribution is 2.49. The largest absolute Gasteiger partial charge is 0.394 e. The molecule has 9 saturated heterocycles. The Bertz CT molecular complexity index is 7100. The van der Waals surface area contributed by atoms with Crippen LogP contribution in [-0.2, 0) is 92.8 Å². The lowest BCUT2D eigenvalue weighted by molar-refractivity contribution is -0.199. The quantitative estimate of drug-likeness (QED) is 0.0247. The third kappa shape index (κ3) is 22.0. The van der Waals surface area contributed by atoms with Gasteiger partial charge in [-0.25, -0.2) is 61.9 Å². The van der Waals surface area contributed by atoms with Crippen molar-refractivity contribution in [3.63, 3.8) is 0 Å². The van der Waals surface area contributed by atoms with Crippen LogP contribution in [0.5, 0.6) is 0 Å². The number of H-pyrrole nitrogens is 6. The maximum atomic E-state index is 12.5. The first-order valence-electron chi connectivity index (χ1n) is 46.0. The van der Waals surface area contributed by atoms with Gasteiger partial charge in [0.25, 0.3) is 27.8 Å². The second-order valence-electron chi connectivity index (χ2n) is 37.9. The number of carbonyl (C=O) groups excluding carboxylic acids is 1. The standard InChI is InChI=1S/C22H25N7O7S.C17H24N6O4.C16H23N7O4.C16H22N6O5.C14H20N6O6S/c23-22-26-19-16(20(33)27-22)25-10-29(19)21-18(32)17(31)14(36-21)7-8-37(34,35)28-15(30)6-5-11-9-24-13-4-2-1-3-12(11)13;1-6-9-11-12(27-17(2,3)26-11)15(25-9)23-8-18-10-13(23)20-16(21-14(10)24)19-7-22(4)5;1-16(2)26-10-8(5-17)25-14(11(10)27-16)23-7-18-9-12(23)20-15(21-13(9)24)19-6-22(3)4;1-16(2)26-10-8(5-23)25-14(11(10)27-16)22-7-17-9-12(22)19-15(20-13(9)24)18-6-21(3)4;1-14(2)25-8-6(3-4-27(16,22)23)24-12(9(8)26-14)20-5-17-7-10(20)18-13(15)19-11(7)21/h1-4,9-10,14,17-18,21,24,31-32H,5-8H2,(H,28,30)(H3,23,26,27,33);7-9,11-12,15H,6H2,1-5H3,(H,20,21,24);6-8,10-11,14H,5,17H2,1-4H3,(H,20,21,24);6-8,10-11,14,23H,5H2,1-4H3,(H,19,20,24);5-6,8-9,12H,3-4H2,1-2H3,(H2,16,22,23)(H3,15,18,19,21)/t14-,17?,18+,21-;9-,11?,12+,15-;2*8-,10?,11+,14-;6-,8?,9+,12-/m11111/s1. The van der Waals surface area contributed by atoms with Gasteiger partial charge in [-0.3, -0.25) is 81.2 Å². The normalized spacial score (nSPS) is 27.8. The van der Waals surface area contributed by atoms with Crippen LogP contribution in [0.4, 0.5) is 29.7 Å². The molecule has 11 aromatic heterocycles. The van der Waals surface area contributed by atoms with Crippen molar-refractivity contribution < 1.29 is 98.5 Å². The molecule has 12 aromatic rings. The van der Waals surface area contributed by atoms with E-state index >= 15 is 0 Å². The molecule has 20 heterocycles. The molecular formula is C85H114N32O26S2. The van der Waals surface area contributed by atoms with Gasteiger partial charge in [0.2, 0.25) is 55.7 Å². The zero-order valence-corrected chi connectivity index (χ0v) is 82.8. The molecule has 0 saturated carbocycles. The number of rotatable bonds is 24. The van der Waals surface area contributed by atoms with Gasteiger partial charge in [-0.05, 0) is 92.7 Å². The predicted octanol–water partition coefficient (Wildman–Crippen LogP) is -1.29. The van der Waals surface area contributed by atoms with Crippen molar-refractivity contribution in [2.45, 2.75) is 240 Å². The molecule has 9 aliphatic rings. The Hall–Kier alpha value is -12.8. The van der Waals surface area contributed by atoms with E-state index in [9.17, 15) is 60.9 Å². The zero-order chi connectivity index (χ0) is 104. The van der Waals surface area contributed by atoms with Crippen molar-refractivity contribution in [1.82, 2.24) is 122 Å². The van der Waals surface area contributed by atoms with Crippen LogP contribution in [0.1, 0.15) is 125 Å². The van der Waals surface area contributed by atoms with E-state index in [1.54, 1.807) is 85.9 Å². The smallest absolute Gasteiger partial charge is 0.280 e. The number of anilines is 2. The number of aryl methyl sites for hydroxylation is 1. The molecule has 18 N–H and O–H groups in total. The zero-order valence-electron chi connectivity index (χ0n) is 81.2. The van der Waals surface area contributed by atoms with Crippen LogP contribution in [0.3, 0.4) is 0 Å². The van der Waals surface area contributed by atoms with Crippen molar-refractivity contribution in [2.75, 3.05) is 78.4 Å². The number of nitrogens with zero attached hydrogens (tertiary/aromatic N) is 21.